The predicted molar refractivity (Wildman–Crippen MR) is 84.7 cm³/mol. The van der Waals surface area contributed by atoms with E-state index in [-0.39, 0.29) is 11.8 Å². The lowest BCUT2D eigenvalue weighted by molar-refractivity contribution is -0.121. The zero-order chi connectivity index (χ0) is 15.0. The largest absolute Gasteiger partial charge is 0.356 e. The number of carbonyl (C=O) groups excluding carboxylic acids is 2. The van der Waals surface area contributed by atoms with Crippen molar-refractivity contribution in [3.05, 3.63) is 28.7 Å². The number of carbonyl (C=O) groups is 2. The maximum Gasteiger partial charge on any atom is 0.223 e. The van der Waals surface area contributed by atoms with Crippen LogP contribution in [-0.4, -0.2) is 24.9 Å². The predicted octanol–water partition coefficient (Wildman–Crippen LogP) is 3.11. The minimum Gasteiger partial charge on any atom is -0.356 e. The first-order chi connectivity index (χ1) is 9.54. The molecular weight excluding hydrogens is 320 g/mol. The molecule has 0 aliphatic carbocycles. The van der Waals surface area contributed by atoms with E-state index in [1.807, 2.05) is 24.3 Å². The molecule has 4 nitrogen and oxygen atoms in total. The number of rotatable bonds is 7. The Morgan fingerprint density at radius 2 is 2.10 bits per heavy atom. The van der Waals surface area contributed by atoms with Gasteiger partial charge in [-0.1, -0.05) is 35.3 Å². The van der Waals surface area contributed by atoms with E-state index in [1.54, 1.807) is 4.90 Å². The van der Waals surface area contributed by atoms with Gasteiger partial charge in [-0.2, -0.15) is 0 Å². The van der Waals surface area contributed by atoms with Gasteiger partial charge in [0.05, 0.1) is 0 Å². The van der Waals surface area contributed by atoms with Gasteiger partial charge in [-0.05, 0) is 24.6 Å². The number of benzene rings is 1. The van der Waals surface area contributed by atoms with Crippen LogP contribution in [0.25, 0.3) is 0 Å². The van der Waals surface area contributed by atoms with E-state index < -0.39 is 0 Å². The van der Waals surface area contributed by atoms with Crippen molar-refractivity contribution in [3.8, 4) is 0 Å². The van der Waals surface area contributed by atoms with Crippen LogP contribution in [0.15, 0.2) is 28.7 Å². The van der Waals surface area contributed by atoms with E-state index in [0.717, 1.165) is 23.0 Å². The third kappa shape index (κ3) is 5.74. The second-order valence-electron chi connectivity index (χ2n) is 4.60. The summed E-state index contributed by atoms with van der Waals surface area (Å²) in [5.74, 6) is -0.0795. The van der Waals surface area contributed by atoms with Crippen LogP contribution in [0.3, 0.4) is 0 Å². The zero-order valence-electron chi connectivity index (χ0n) is 12.0. The molecule has 0 spiro atoms. The Bertz CT molecular complexity index is 463. The molecule has 0 bridgehead atoms. The van der Waals surface area contributed by atoms with Crippen molar-refractivity contribution in [2.75, 3.05) is 18.0 Å². The van der Waals surface area contributed by atoms with Gasteiger partial charge in [0.15, 0.2) is 0 Å². The maximum atomic E-state index is 11.7. The average molecular weight is 341 g/mol. The van der Waals surface area contributed by atoms with E-state index in [2.05, 4.69) is 28.2 Å². The van der Waals surface area contributed by atoms with Crippen molar-refractivity contribution in [2.45, 2.75) is 33.1 Å². The van der Waals surface area contributed by atoms with E-state index in [0.29, 0.717) is 19.5 Å². The van der Waals surface area contributed by atoms with Gasteiger partial charge in [0, 0.05) is 36.6 Å². The quantitative estimate of drug-likeness (QED) is 0.775. The lowest BCUT2D eigenvalue weighted by Crippen LogP contribution is -2.34. The molecule has 110 valence electrons. The molecule has 0 fully saturated rings. The van der Waals surface area contributed by atoms with Gasteiger partial charge in [-0.3, -0.25) is 9.59 Å². The molecule has 1 rings (SSSR count). The fourth-order valence-electron chi connectivity index (χ4n) is 1.82. The minimum atomic E-state index is -0.0653. The third-order valence-electron chi connectivity index (χ3n) is 2.91. The van der Waals surface area contributed by atoms with Gasteiger partial charge in [0.1, 0.15) is 0 Å². The van der Waals surface area contributed by atoms with Gasteiger partial charge in [0.2, 0.25) is 11.8 Å². The summed E-state index contributed by atoms with van der Waals surface area (Å²) in [5.41, 5.74) is 0.799. The molecule has 1 N–H and O–H groups in total. The normalized spacial score (nSPS) is 10.2. The number of unbranched alkanes of at least 4 members (excludes halogenated alkanes) is 1. The van der Waals surface area contributed by atoms with Crippen LogP contribution >= 0.6 is 15.9 Å². The topological polar surface area (TPSA) is 49.4 Å². The van der Waals surface area contributed by atoms with Crippen LogP contribution in [0.4, 0.5) is 5.69 Å². The molecule has 20 heavy (non-hydrogen) atoms. The second kappa shape index (κ2) is 8.74. The summed E-state index contributed by atoms with van der Waals surface area (Å²) in [6, 6.07) is 7.51. The lowest BCUT2D eigenvalue weighted by atomic mass is 10.2. The summed E-state index contributed by atoms with van der Waals surface area (Å²) in [6.07, 6.45) is 2.35. The SMILES string of the molecule is CCCCNC(=O)CCN(C(C)=O)c1cccc(Br)c1. The third-order valence-corrected chi connectivity index (χ3v) is 3.41. The lowest BCUT2D eigenvalue weighted by Gasteiger charge is -2.21. The number of amides is 2. The summed E-state index contributed by atoms with van der Waals surface area (Å²) < 4.78 is 0.911. The van der Waals surface area contributed by atoms with Crippen molar-refractivity contribution >= 4 is 33.4 Å². The summed E-state index contributed by atoms with van der Waals surface area (Å²) >= 11 is 3.38. The summed E-state index contributed by atoms with van der Waals surface area (Å²) in [4.78, 5) is 25.0. The molecule has 1 aromatic carbocycles. The van der Waals surface area contributed by atoms with Gasteiger partial charge >= 0.3 is 0 Å². The number of halogens is 1. The van der Waals surface area contributed by atoms with Crippen LogP contribution in [0.5, 0.6) is 0 Å². The molecule has 2 amide bonds. The smallest absolute Gasteiger partial charge is 0.223 e. The zero-order valence-corrected chi connectivity index (χ0v) is 13.6. The number of hydrogen-bond acceptors (Lipinski definition) is 2. The molecule has 0 heterocycles. The van der Waals surface area contributed by atoms with Crippen LogP contribution in [0.2, 0.25) is 0 Å². The first kappa shape index (κ1) is 16.7. The van der Waals surface area contributed by atoms with Gasteiger partial charge < -0.3 is 10.2 Å². The molecule has 0 atom stereocenters. The van der Waals surface area contributed by atoms with Crippen molar-refractivity contribution in [3.63, 3.8) is 0 Å². The molecule has 0 aliphatic heterocycles. The molecule has 0 unspecified atom stereocenters. The van der Waals surface area contributed by atoms with Crippen LogP contribution in [-0.2, 0) is 9.59 Å². The number of nitrogens with one attached hydrogen (secondary N) is 1. The molecule has 0 aliphatic rings. The molecule has 0 saturated carbocycles. The summed E-state index contributed by atoms with van der Waals surface area (Å²) in [7, 11) is 0. The van der Waals surface area contributed by atoms with E-state index in [9.17, 15) is 9.59 Å². The summed E-state index contributed by atoms with van der Waals surface area (Å²) in [5, 5.41) is 2.85. The van der Waals surface area contributed by atoms with Crippen LogP contribution < -0.4 is 10.2 Å². The number of anilines is 1. The molecule has 1 aromatic rings. The Balaban J connectivity index is 2.56. The fraction of sp³-hybridized carbons (Fsp3) is 0.467. The van der Waals surface area contributed by atoms with E-state index in [4.69, 9.17) is 0 Å². The van der Waals surface area contributed by atoms with Crippen LogP contribution in [0.1, 0.15) is 33.1 Å². The monoisotopic (exact) mass is 340 g/mol. The van der Waals surface area contributed by atoms with Crippen molar-refractivity contribution in [2.24, 2.45) is 0 Å². The second-order valence-corrected chi connectivity index (χ2v) is 5.52. The van der Waals surface area contributed by atoms with Gasteiger partial charge in [-0.15, -0.1) is 0 Å². The van der Waals surface area contributed by atoms with Crippen molar-refractivity contribution in [1.29, 1.82) is 0 Å². The molecule has 0 aromatic heterocycles. The highest BCUT2D eigenvalue weighted by molar-refractivity contribution is 9.10. The Labute approximate surface area is 128 Å². The Kier molecular flexibility index (Phi) is 7.30. The highest BCUT2D eigenvalue weighted by Crippen LogP contribution is 2.20. The number of hydrogen-bond donors (Lipinski definition) is 1. The standard InChI is InChI=1S/C15H21BrN2O2/c1-3-4-9-17-15(20)8-10-18(12(2)19)14-7-5-6-13(16)11-14/h5-7,11H,3-4,8-10H2,1-2H3,(H,17,20). The minimum absolute atomic E-state index is 0.0142. The molecule has 0 radical (unpaired) electrons. The Morgan fingerprint density at radius 3 is 2.70 bits per heavy atom. The Hall–Kier alpha value is -1.36. The van der Waals surface area contributed by atoms with Crippen molar-refractivity contribution < 1.29 is 9.59 Å². The summed E-state index contributed by atoms with van der Waals surface area (Å²) in [6.45, 7) is 4.68. The first-order valence-corrected chi connectivity index (χ1v) is 7.64. The van der Waals surface area contributed by atoms with Gasteiger partial charge in [0.25, 0.3) is 0 Å². The fourth-order valence-corrected chi connectivity index (χ4v) is 2.21. The van der Waals surface area contributed by atoms with E-state index >= 15 is 0 Å². The maximum absolute atomic E-state index is 11.7. The first-order valence-electron chi connectivity index (χ1n) is 6.85. The average Bonchev–Trinajstić information content (AvgIpc) is 2.39. The van der Waals surface area contributed by atoms with Crippen molar-refractivity contribution in [1.82, 2.24) is 5.32 Å². The molecular formula is C15H21BrN2O2. The van der Waals surface area contributed by atoms with Gasteiger partial charge in [-0.25, -0.2) is 0 Å². The molecule has 0 saturated heterocycles. The van der Waals surface area contributed by atoms with Crippen LogP contribution in [0, 0.1) is 0 Å². The highest BCUT2D eigenvalue weighted by atomic mass is 79.9. The van der Waals surface area contributed by atoms with E-state index in [1.165, 1.54) is 6.92 Å². The highest BCUT2D eigenvalue weighted by Gasteiger charge is 2.13. The molecule has 5 heteroatoms. The Morgan fingerprint density at radius 1 is 1.35 bits per heavy atom. The number of nitrogens with zero attached hydrogens (tertiary/aromatic N) is 1.